The summed E-state index contributed by atoms with van der Waals surface area (Å²) >= 11 is 5.89. The molecule has 2 aromatic carbocycles. The van der Waals surface area contributed by atoms with Crippen molar-refractivity contribution in [2.75, 3.05) is 22.6 Å². The van der Waals surface area contributed by atoms with Gasteiger partial charge in [-0.2, -0.15) is 4.98 Å². The van der Waals surface area contributed by atoms with E-state index in [0.29, 0.717) is 28.8 Å². The first kappa shape index (κ1) is 21.4. The van der Waals surface area contributed by atoms with Gasteiger partial charge in [-0.25, -0.2) is 0 Å². The summed E-state index contributed by atoms with van der Waals surface area (Å²) in [5.41, 5.74) is 0.668. The number of amides is 2. The van der Waals surface area contributed by atoms with Crippen molar-refractivity contribution < 1.29 is 14.3 Å². The van der Waals surface area contributed by atoms with Crippen LogP contribution in [0.1, 0.15) is 24.8 Å². The average molecular weight is 454 g/mol. The Morgan fingerprint density at radius 3 is 2.69 bits per heavy atom. The first-order valence-corrected chi connectivity index (χ1v) is 10.3. The highest BCUT2D eigenvalue weighted by Gasteiger charge is 2.35. The lowest BCUT2D eigenvalue weighted by Crippen LogP contribution is -2.36. The average Bonchev–Trinajstić information content (AvgIpc) is 2.76. The summed E-state index contributed by atoms with van der Waals surface area (Å²) in [5.74, 6) is -1.25. The molecule has 164 valence electrons. The number of halogens is 1. The van der Waals surface area contributed by atoms with Crippen LogP contribution in [-0.4, -0.2) is 28.4 Å². The Bertz CT molecular complexity index is 1230. The molecular weight excluding hydrogens is 434 g/mol. The maximum atomic E-state index is 13.0. The number of para-hydroxylation sites is 2. The van der Waals surface area contributed by atoms with Crippen LogP contribution < -0.4 is 26.2 Å². The predicted molar refractivity (Wildman–Crippen MR) is 122 cm³/mol. The molecule has 32 heavy (non-hydrogen) atoms. The van der Waals surface area contributed by atoms with E-state index in [0.717, 1.165) is 0 Å². The fourth-order valence-electron chi connectivity index (χ4n) is 3.40. The Labute approximate surface area is 188 Å². The quantitative estimate of drug-likeness (QED) is 0.451. The second kappa shape index (κ2) is 9.11. The van der Waals surface area contributed by atoms with Crippen molar-refractivity contribution in [1.82, 2.24) is 9.97 Å². The highest BCUT2D eigenvalue weighted by atomic mass is 35.5. The van der Waals surface area contributed by atoms with Crippen LogP contribution >= 0.6 is 11.6 Å². The van der Waals surface area contributed by atoms with Crippen LogP contribution in [0.25, 0.3) is 0 Å². The van der Waals surface area contributed by atoms with Crippen molar-refractivity contribution in [2.24, 2.45) is 0 Å². The molecule has 0 fully saturated rings. The molecule has 10 heteroatoms. The monoisotopic (exact) mass is 453 g/mol. The lowest BCUT2D eigenvalue weighted by atomic mass is 9.92. The fraction of sp³-hybridized carbons (Fsp3) is 0.182. The Hall–Kier alpha value is -3.85. The van der Waals surface area contributed by atoms with E-state index < -0.39 is 23.3 Å². The minimum atomic E-state index is -1.01. The van der Waals surface area contributed by atoms with E-state index >= 15 is 0 Å². The van der Waals surface area contributed by atoms with Gasteiger partial charge >= 0.3 is 0 Å². The molecule has 0 saturated heterocycles. The number of aromatic amines is 1. The van der Waals surface area contributed by atoms with E-state index in [9.17, 15) is 14.4 Å². The molecule has 0 aliphatic carbocycles. The zero-order chi connectivity index (χ0) is 22.7. The third-order valence-electron chi connectivity index (χ3n) is 4.82. The largest absolute Gasteiger partial charge is 0.492 e. The van der Waals surface area contributed by atoms with Gasteiger partial charge in [-0.15, -0.1) is 0 Å². The number of ether oxygens (including phenoxy) is 1. The number of H-pyrrole nitrogens is 1. The molecule has 0 spiro atoms. The summed E-state index contributed by atoms with van der Waals surface area (Å²) in [6.07, 6.45) is -0.176. The van der Waals surface area contributed by atoms with Gasteiger partial charge in [0.1, 0.15) is 11.6 Å². The van der Waals surface area contributed by atoms with Gasteiger partial charge in [-0.3, -0.25) is 19.4 Å². The summed E-state index contributed by atoms with van der Waals surface area (Å²) < 4.78 is 5.53. The number of anilines is 4. The predicted octanol–water partition coefficient (Wildman–Crippen LogP) is 3.63. The molecule has 2 heterocycles. The minimum Gasteiger partial charge on any atom is -0.492 e. The topological polar surface area (TPSA) is 125 Å². The second-order valence-electron chi connectivity index (χ2n) is 7.03. The summed E-state index contributed by atoms with van der Waals surface area (Å²) in [6, 6.07) is 13.7. The molecule has 3 aromatic rings. The van der Waals surface area contributed by atoms with Crippen molar-refractivity contribution >= 4 is 46.6 Å². The summed E-state index contributed by atoms with van der Waals surface area (Å²) in [7, 11) is 0. The van der Waals surface area contributed by atoms with Gasteiger partial charge in [0.05, 0.1) is 23.8 Å². The Morgan fingerprint density at radius 1 is 1.19 bits per heavy atom. The molecule has 1 aliphatic heterocycles. The van der Waals surface area contributed by atoms with E-state index in [1.54, 1.807) is 48.5 Å². The molecule has 1 atom stereocenters. The molecule has 4 N–H and O–H groups in total. The number of hydrogen-bond acceptors (Lipinski definition) is 6. The maximum absolute atomic E-state index is 13.0. The zero-order valence-electron chi connectivity index (χ0n) is 17.1. The second-order valence-corrected chi connectivity index (χ2v) is 7.47. The van der Waals surface area contributed by atoms with Crippen LogP contribution in [0.4, 0.5) is 23.1 Å². The van der Waals surface area contributed by atoms with Crippen LogP contribution in [0, 0.1) is 0 Å². The maximum Gasteiger partial charge on any atom is 0.258 e. The summed E-state index contributed by atoms with van der Waals surface area (Å²) in [6.45, 7) is 2.26. The van der Waals surface area contributed by atoms with Crippen molar-refractivity contribution in [3.05, 3.63) is 69.5 Å². The first-order valence-electron chi connectivity index (χ1n) is 9.94. The van der Waals surface area contributed by atoms with E-state index in [1.807, 2.05) is 6.92 Å². The zero-order valence-corrected chi connectivity index (χ0v) is 17.8. The van der Waals surface area contributed by atoms with E-state index in [-0.39, 0.29) is 23.8 Å². The molecular formula is C22H20ClN5O4. The Kier molecular flexibility index (Phi) is 6.09. The number of carbonyl (C=O) groups excluding carboxylic acids is 2. The first-order chi connectivity index (χ1) is 15.4. The van der Waals surface area contributed by atoms with Gasteiger partial charge in [0, 0.05) is 17.1 Å². The summed E-state index contributed by atoms with van der Waals surface area (Å²) in [4.78, 5) is 45.1. The number of nitrogens with zero attached hydrogens (tertiary/aromatic N) is 1. The van der Waals surface area contributed by atoms with Gasteiger partial charge in [0.25, 0.3) is 5.56 Å². The van der Waals surface area contributed by atoms with E-state index in [2.05, 4.69) is 25.9 Å². The number of rotatable bonds is 6. The van der Waals surface area contributed by atoms with Crippen molar-refractivity contribution in [1.29, 1.82) is 0 Å². The SMILES string of the molecule is CCOc1ccccc1NC(=O)C1CC(=O)Nc2nc(Nc3ccc(Cl)cc3)[nH]c(=O)c21. The van der Waals surface area contributed by atoms with Gasteiger partial charge in [0.15, 0.2) is 0 Å². The Morgan fingerprint density at radius 2 is 1.94 bits per heavy atom. The highest BCUT2D eigenvalue weighted by Crippen LogP contribution is 2.32. The van der Waals surface area contributed by atoms with Gasteiger partial charge in [-0.05, 0) is 43.3 Å². The van der Waals surface area contributed by atoms with Crippen LogP contribution in [0.5, 0.6) is 5.75 Å². The number of fused-ring (bicyclic) bond motifs is 1. The number of nitrogens with one attached hydrogen (secondary N) is 4. The molecule has 0 bridgehead atoms. The van der Waals surface area contributed by atoms with Crippen LogP contribution in [0.3, 0.4) is 0 Å². The smallest absolute Gasteiger partial charge is 0.258 e. The van der Waals surface area contributed by atoms with Gasteiger partial charge in [-0.1, -0.05) is 23.7 Å². The molecule has 4 rings (SSSR count). The standard InChI is InChI=1S/C22H20ClN5O4/c1-2-32-16-6-4-3-5-15(16)25-20(30)14-11-17(29)26-19-18(14)21(31)28-22(27-19)24-13-9-7-12(23)8-10-13/h3-10,14H,2,11H2,1H3,(H,25,30)(H3,24,26,27,28,29,31). The lowest BCUT2D eigenvalue weighted by molar-refractivity contribution is -0.123. The molecule has 1 unspecified atom stereocenters. The summed E-state index contributed by atoms with van der Waals surface area (Å²) in [5, 5.41) is 8.85. The molecule has 1 aliphatic rings. The number of hydrogen-bond donors (Lipinski definition) is 4. The molecule has 0 saturated carbocycles. The fourth-order valence-corrected chi connectivity index (χ4v) is 3.52. The number of carbonyl (C=O) groups is 2. The van der Waals surface area contributed by atoms with E-state index in [4.69, 9.17) is 16.3 Å². The lowest BCUT2D eigenvalue weighted by Gasteiger charge is -2.24. The third kappa shape index (κ3) is 4.57. The van der Waals surface area contributed by atoms with Crippen LogP contribution in [0.15, 0.2) is 53.3 Å². The third-order valence-corrected chi connectivity index (χ3v) is 5.07. The normalized spacial score (nSPS) is 14.8. The van der Waals surface area contributed by atoms with Crippen LogP contribution in [-0.2, 0) is 9.59 Å². The Balaban J connectivity index is 1.63. The van der Waals surface area contributed by atoms with Crippen molar-refractivity contribution in [2.45, 2.75) is 19.3 Å². The molecule has 2 amide bonds. The van der Waals surface area contributed by atoms with E-state index in [1.165, 1.54) is 0 Å². The number of aromatic nitrogens is 2. The van der Waals surface area contributed by atoms with Gasteiger partial charge < -0.3 is 20.7 Å². The molecule has 9 nitrogen and oxygen atoms in total. The molecule has 1 aromatic heterocycles. The van der Waals surface area contributed by atoms with Crippen molar-refractivity contribution in [3.63, 3.8) is 0 Å². The highest BCUT2D eigenvalue weighted by molar-refractivity contribution is 6.30. The van der Waals surface area contributed by atoms with Crippen LogP contribution in [0.2, 0.25) is 5.02 Å². The molecule has 0 radical (unpaired) electrons. The minimum absolute atomic E-state index is 0.0414. The van der Waals surface area contributed by atoms with Crippen molar-refractivity contribution in [3.8, 4) is 5.75 Å². The van der Waals surface area contributed by atoms with Gasteiger partial charge in [0.2, 0.25) is 17.8 Å². The number of benzene rings is 2.